The summed E-state index contributed by atoms with van der Waals surface area (Å²) in [5, 5.41) is 4.66. The molecule has 5 nitrogen and oxygen atoms in total. The van der Waals surface area contributed by atoms with Crippen LogP contribution in [-0.2, 0) is 18.9 Å². The van der Waals surface area contributed by atoms with Crippen molar-refractivity contribution in [1.29, 1.82) is 0 Å². The molecule has 3 rings (SSSR count). The fourth-order valence-electron chi connectivity index (χ4n) is 3.02. The summed E-state index contributed by atoms with van der Waals surface area (Å²) in [5.41, 5.74) is -3.18. The van der Waals surface area contributed by atoms with Gasteiger partial charge in [-0.1, -0.05) is 24.9 Å². The molecule has 0 spiro atoms. The summed E-state index contributed by atoms with van der Waals surface area (Å²) in [6.45, 7) is -0.639. The molecule has 0 saturated carbocycles. The lowest BCUT2D eigenvalue weighted by Crippen LogP contribution is -2.33. The summed E-state index contributed by atoms with van der Waals surface area (Å²) >= 11 is 3.99. The normalized spacial score (nSPS) is 11.7. The third-order valence-electron chi connectivity index (χ3n) is 4.77. The summed E-state index contributed by atoms with van der Waals surface area (Å²) < 4.78 is 92.4. The number of anilines is 2. The second kappa shape index (κ2) is 10.5. The van der Waals surface area contributed by atoms with E-state index in [0.717, 1.165) is 10.4 Å². The molecular formula is C23H16F7N3O2S. The van der Waals surface area contributed by atoms with E-state index in [2.05, 4.69) is 23.4 Å². The van der Waals surface area contributed by atoms with Crippen molar-refractivity contribution in [2.45, 2.75) is 18.9 Å². The maximum absolute atomic E-state index is 13.7. The van der Waals surface area contributed by atoms with Crippen LogP contribution in [0.5, 0.6) is 0 Å². The molecule has 13 heteroatoms. The number of carbonyl (C=O) groups excluding carboxylic acids is 2. The highest BCUT2D eigenvalue weighted by molar-refractivity contribution is 7.82. The Balaban J connectivity index is 1.67. The maximum atomic E-state index is 13.7. The van der Waals surface area contributed by atoms with Crippen molar-refractivity contribution in [1.82, 2.24) is 5.32 Å². The highest BCUT2D eigenvalue weighted by Gasteiger charge is 2.36. The van der Waals surface area contributed by atoms with Crippen LogP contribution in [0, 0.1) is 5.82 Å². The number of benzene rings is 3. The number of thiol groups is 1. The van der Waals surface area contributed by atoms with Crippen molar-refractivity contribution in [3.8, 4) is 0 Å². The zero-order chi connectivity index (χ0) is 26.7. The molecule has 0 aliphatic heterocycles. The minimum atomic E-state index is -5.01. The summed E-state index contributed by atoms with van der Waals surface area (Å²) in [6, 6.07) is 10.9. The number of hydrogen-bond acceptors (Lipinski definition) is 3. The van der Waals surface area contributed by atoms with Gasteiger partial charge in [0.05, 0.1) is 22.4 Å². The van der Waals surface area contributed by atoms with E-state index in [4.69, 9.17) is 0 Å². The van der Waals surface area contributed by atoms with E-state index in [1.807, 2.05) is 0 Å². The van der Waals surface area contributed by atoms with E-state index in [9.17, 15) is 40.3 Å². The van der Waals surface area contributed by atoms with Crippen LogP contribution in [0.25, 0.3) is 0 Å². The number of carbonyl (C=O) groups is 2. The molecule has 3 aromatic rings. The number of halogens is 7. The molecule has 0 bridgehead atoms. The molecule has 0 unspecified atom stereocenters. The molecule has 0 aliphatic rings. The second-order valence-corrected chi connectivity index (χ2v) is 7.77. The predicted octanol–water partition coefficient (Wildman–Crippen LogP) is 6.68. The topological polar surface area (TPSA) is 61.4 Å². The summed E-state index contributed by atoms with van der Waals surface area (Å²) in [6.07, 6.45) is -10.0. The Kier molecular flexibility index (Phi) is 7.82. The molecule has 3 amide bonds. The molecule has 0 aliphatic carbocycles. The molecule has 0 heterocycles. The van der Waals surface area contributed by atoms with Crippen LogP contribution in [0.1, 0.15) is 27.0 Å². The van der Waals surface area contributed by atoms with Crippen LogP contribution < -0.4 is 14.9 Å². The summed E-state index contributed by atoms with van der Waals surface area (Å²) in [7, 11) is 0. The van der Waals surface area contributed by atoms with Crippen LogP contribution in [0.2, 0.25) is 0 Å². The van der Waals surface area contributed by atoms with E-state index in [1.54, 1.807) is 0 Å². The highest BCUT2D eigenvalue weighted by atomic mass is 32.1. The number of nitrogens with zero attached hydrogens (tertiary/aromatic N) is 1. The minimum absolute atomic E-state index is 0.0112. The Morgan fingerprint density at radius 1 is 0.833 bits per heavy atom. The van der Waals surface area contributed by atoms with Gasteiger partial charge in [-0.2, -0.15) is 26.3 Å². The van der Waals surface area contributed by atoms with E-state index in [0.29, 0.717) is 12.1 Å². The van der Waals surface area contributed by atoms with Gasteiger partial charge in [0.2, 0.25) is 0 Å². The Bertz CT molecular complexity index is 1230. The number of urea groups is 1. The second-order valence-electron chi connectivity index (χ2n) is 7.37. The van der Waals surface area contributed by atoms with Crippen molar-refractivity contribution in [3.63, 3.8) is 0 Å². The number of amides is 3. The van der Waals surface area contributed by atoms with Crippen molar-refractivity contribution < 1.29 is 40.3 Å². The Morgan fingerprint density at radius 3 is 1.92 bits per heavy atom. The van der Waals surface area contributed by atoms with Gasteiger partial charge < -0.3 is 10.6 Å². The summed E-state index contributed by atoms with van der Waals surface area (Å²) in [5.74, 6) is -1.42. The molecule has 0 fully saturated rings. The number of rotatable bonds is 5. The molecule has 0 saturated heterocycles. The Labute approximate surface area is 205 Å². The van der Waals surface area contributed by atoms with Gasteiger partial charge in [0, 0.05) is 12.2 Å². The first-order chi connectivity index (χ1) is 16.8. The fourth-order valence-corrected chi connectivity index (χ4v) is 3.22. The Morgan fingerprint density at radius 2 is 1.39 bits per heavy atom. The maximum Gasteiger partial charge on any atom is 0.416 e. The molecule has 0 radical (unpaired) electrons. The van der Waals surface area contributed by atoms with Crippen LogP contribution >= 0.6 is 12.8 Å². The first-order valence-electron chi connectivity index (χ1n) is 9.97. The van der Waals surface area contributed by atoms with Gasteiger partial charge >= 0.3 is 18.4 Å². The highest BCUT2D eigenvalue weighted by Crippen LogP contribution is 2.36. The summed E-state index contributed by atoms with van der Waals surface area (Å²) in [4.78, 5) is 24.5. The predicted molar refractivity (Wildman–Crippen MR) is 121 cm³/mol. The van der Waals surface area contributed by atoms with Crippen LogP contribution in [0.15, 0.2) is 66.7 Å². The van der Waals surface area contributed by atoms with E-state index < -0.39 is 53.3 Å². The van der Waals surface area contributed by atoms with Crippen molar-refractivity contribution in [2.75, 3.05) is 9.62 Å². The molecule has 3 aromatic carbocycles. The average molecular weight is 531 g/mol. The number of nitrogens with one attached hydrogen (secondary N) is 2. The third-order valence-corrected chi connectivity index (χ3v) is 5.18. The lowest BCUT2D eigenvalue weighted by Gasteiger charge is -2.18. The molecule has 2 N–H and O–H groups in total. The standard InChI is InChI=1S/C23H16F7N3O2S/c24-19-4-2-1-3-18(19)20(34)32-16-5-7-17(8-6-16)33(36)21(35)31-12-13-9-14(22(25,26)27)11-15(10-13)23(28,29)30/h1-11,36H,12H2,(H,31,35)(H,32,34). The smallest absolute Gasteiger partial charge is 0.333 e. The lowest BCUT2D eigenvalue weighted by atomic mass is 10.0. The van der Waals surface area contributed by atoms with Gasteiger partial charge in [-0.3, -0.25) is 4.79 Å². The first kappa shape index (κ1) is 26.9. The van der Waals surface area contributed by atoms with Gasteiger partial charge in [-0.05, 0) is 60.2 Å². The zero-order valence-electron chi connectivity index (χ0n) is 17.9. The Hall–Kier alpha value is -3.74. The quantitative estimate of drug-likeness (QED) is 0.254. The molecule has 0 atom stereocenters. The SMILES string of the molecule is O=C(Nc1ccc(N(S)C(=O)NCc2cc(C(F)(F)F)cc(C(F)(F)F)c2)cc1)c1ccccc1F. The lowest BCUT2D eigenvalue weighted by molar-refractivity contribution is -0.143. The van der Waals surface area contributed by atoms with Crippen LogP contribution in [-0.4, -0.2) is 11.9 Å². The zero-order valence-corrected chi connectivity index (χ0v) is 18.8. The van der Waals surface area contributed by atoms with E-state index in [-0.39, 0.29) is 23.0 Å². The average Bonchev–Trinajstić information content (AvgIpc) is 2.81. The molecular weight excluding hydrogens is 515 g/mol. The molecule has 0 aromatic heterocycles. The molecule has 36 heavy (non-hydrogen) atoms. The van der Waals surface area contributed by atoms with Crippen molar-refractivity contribution in [3.05, 3.63) is 94.8 Å². The monoisotopic (exact) mass is 531 g/mol. The van der Waals surface area contributed by atoms with Gasteiger partial charge in [-0.25, -0.2) is 13.5 Å². The minimum Gasteiger partial charge on any atom is -0.333 e. The fraction of sp³-hybridized carbons (Fsp3) is 0.130. The van der Waals surface area contributed by atoms with Gasteiger partial charge in [0.15, 0.2) is 0 Å². The largest absolute Gasteiger partial charge is 0.416 e. The van der Waals surface area contributed by atoms with Gasteiger partial charge in [0.1, 0.15) is 5.82 Å². The number of alkyl halides is 6. The van der Waals surface area contributed by atoms with Crippen LogP contribution in [0.3, 0.4) is 0 Å². The van der Waals surface area contributed by atoms with E-state index in [1.165, 1.54) is 42.5 Å². The first-order valence-corrected chi connectivity index (χ1v) is 10.4. The van der Waals surface area contributed by atoms with Gasteiger partial charge in [0.25, 0.3) is 5.91 Å². The van der Waals surface area contributed by atoms with Crippen molar-refractivity contribution >= 4 is 36.1 Å². The molecule has 190 valence electrons. The van der Waals surface area contributed by atoms with E-state index >= 15 is 0 Å². The van der Waals surface area contributed by atoms with Crippen LogP contribution in [0.4, 0.5) is 46.9 Å². The van der Waals surface area contributed by atoms with Crippen molar-refractivity contribution in [2.24, 2.45) is 0 Å². The van der Waals surface area contributed by atoms with Gasteiger partial charge in [-0.15, -0.1) is 0 Å². The number of hydrogen-bond donors (Lipinski definition) is 3. The third kappa shape index (κ3) is 6.68.